The second kappa shape index (κ2) is 40.1. The second-order valence-electron chi connectivity index (χ2n) is 26.6. The predicted molar refractivity (Wildman–Crippen MR) is 469 cm³/mol. The van der Waals surface area contributed by atoms with Crippen LogP contribution in [-0.2, 0) is 59.3 Å². The maximum Gasteiger partial charge on any atom is 0.235 e. The van der Waals surface area contributed by atoms with Gasteiger partial charge >= 0.3 is 0 Å². The molecule has 36 nitrogen and oxygen atoms in total. The van der Waals surface area contributed by atoms with Gasteiger partial charge in [0.25, 0.3) is 0 Å². The third kappa shape index (κ3) is 26.3. The van der Waals surface area contributed by atoms with Gasteiger partial charge in [-0.2, -0.15) is 0 Å². The molecule has 9 N–H and O–H groups in total. The molecule has 13 heterocycles. The average molecular weight is 1850 g/mol. The van der Waals surface area contributed by atoms with E-state index < -0.39 is 45.3 Å². The van der Waals surface area contributed by atoms with Crippen molar-refractivity contribution in [3.05, 3.63) is 118 Å². The Morgan fingerprint density at radius 3 is 0.983 bits per heavy atom. The van der Waals surface area contributed by atoms with Crippen LogP contribution in [0.3, 0.4) is 0 Å². The average Bonchev–Trinajstić information content (AvgIpc) is 1.48. The largest absolute Gasteiger partial charge is 0.396 e. The minimum Gasteiger partial charge on any atom is -0.396 e. The number of piperidine rings is 1. The maximum absolute atomic E-state index is 12.9. The van der Waals surface area contributed by atoms with Gasteiger partial charge in [0.05, 0.1) is 68.0 Å². The van der Waals surface area contributed by atoms with Crippen molar-refractivity contribution in [2.24, 2.45) is 0 Å². The maximum atomic E-state index is 12.9. The Hall–Kier alpha value is -9.36. The van der Waals surface area contributed by atoms with Crippen LogP contribution in [0.15, 0.2) is 97.6 Å². The van der Waals surface area contributed by atoms with Gasteiger partial charge in [-0.15, -0.1) is 0 Å². The van der Waals surface area contributed by atoms with Crippen molar-refractivity contribution in [2.75, 3.05) is 125 Å². The molecule has 13 rings (SSSR count). The van der Waals surface area contributed by atoms with E-state index in [1.807, 2.05) is 26.0 Å². The van der Waals surface area contributed by atoms with E-state index in [2.05, 4.69) is 105 Å². The van der Waals surface area contributed by atoms with Gasteiger partial charge in [0.1, 0.15) is 41.4 Å². The molecule has 4 amide bonds. The van der Waals surface area contributed by atoms with Crippen LogP contribution < -0.4 is 40.2 Å². The molecule has 0 bridgehead atoms. The lowest BCUT2D eigenvalue weighted by Gasteiger charge is -2.28. The molecule has 1 aliphatic heterocycles. The molecule has 0 saturated carbocycles. The van der Waals surface area contributed by atoms with E-state index in [0.29, 0.717) is 139 Å². The van der Waals surface area contributed by atoms with Gasteiger partial charge in [-0.1, -0.05) is 91.8 Å². The van der Waals surface area contributed by atoms with Crippen molar-refractivity contribution in [3.8, 4) is 45.0 Å². The summed E-state index contributed by atoms with van der Waals surface area (Å²) in [5, 5.41) is 20.9. The molecular weight excluding hydrogens is 1770 g/mol. The fraction of sp³-hybridized carbons (Fsp3) is 0.314. The van der Waals surface area contributed by atoms with Crippen molar-refractivity contribution in [2.45, 2.75) is 58.6 Å². The van der Waals surface area contributed by atoms with E-state index >= 15 is 0 Å². The Bertz CT molecular complexity index is 6200. The molecule has 1 aliphatic rings. The summed E-state index contributed by atoms with van der Waals surface area (Å²) >= 11 is 29.4. The number of nitrogens with zero attached hydrogens (tertiary/aromatic N) is 15. The van der Waals surface area contributed by atoms with Crippen LogP contribution in [0, 0.1) is 0 Å². The number of anilines is 8. The summed E-state index contributed by atoms with van der Waals surface area (Å²) in [5.74, 6) is -1.18. The number of amides is 4. The summed E-state index contributed by atoms with van der Waals surface area (Å²) in [7, 11) is -5.06. The van der Waals surface area contributed by atoms with Gasteiger partial charge in [0.15, 0.2) is 41.1 Å². The van der Waals surface area contributed by atoms with E-state index in [1.54, 1.807) is 91.9 Å². The number of rotatable bonds is 27. The van der Waals surface area contributed by atoms with Crippen molar-refractivity contribution in [1.82, 2.24) is 74.5 Å². The van der Waals surface area contributed by atoms with Crippen LogP contribution in [0.1, 0.15) is 53.4 Å². The number of sulfonamides is 4. The minimum atomic E-state index is -3.66. The highest BCUT2D eigenvalue weighted by Gasteiger charge is 2.30. The van der Waals surface area contributed by atoms with Crippen molar-refractivity contribution in [1.29, 1.82) is 0 Å². The molecule has 1 fully saturated rings. The van der Waals surface area contributed by atoms with E-state index in [1.165, 1.54) is 97.7 Å². The van der Waals surface area contributed by atoms with Gasteiger partial charge in [-0.25, -0.2) is 93.5 Å². The Morgan fingerprint density at radius 1 is 0.424 bits per heavy atom. The van der Waals surface area contributed by atoms with Crippen molar-refractivity contribution < 1.29 is 58.0 Å². The molecule has 48 heteroatoms. The van der Waals surface area contributed by atoms with Gasteiger partial charge < -0.3 is 41.1 Å². The summed E-state index contributed by atoms with van der Waals surface area (Å²) in [4.78, 5) is 105. The number of likely N-dealkylation sites (tertiary alicyclic amines) is 1. The van der Waals surface area contributed by atoms with Crippen molar-refractivity contribution >= 4 is 240 Å². The Morgan fingerprint density at radius 2 is 0.703 bits per heavy atom. The Balaban J connectivity index is 0.000000166. The summed E-state index contributed by atoms with van der Waals surface area (Å²) < 4.78 is 109. The zero-order chi connectivity index (χ0) is 85.6. The first kappa shape index (κ1) is 91.0. The molecule has 0 unspecified atom stereocenters. The van der Waals surface area contributed by atoms with Gasteiger partial charge in [0, 0.05) is 87.9 Å². The number of carbonyl (C=O) groups excluding carboxylic acids is 4. The molecule has 12 aromatic rings. The number of aliphatic hydroxyl groups is 1. The fourth-order valence-electron chi connectivity index (χ4n) is 10.7. The van der Waals surface area contributed by atoms with Crippen LogP contribution >= 0.6 is 91.8 Å². The number of hydrogen-bond acceptors (Lipinski definition) is 32. The zero-order valence-electron chi connectivity index (χ0n) is 64.1. The fourth-order valence-corrected chi connectivity index (χ4v) is 19.9. The summed E-state index contributed by atoms with van der Waals surface area (Å²) in [6.45, 7) is 7.90. The highest BCUT2D eigenvalue weighted by Crippen LogP contribution is 2.37. The van der Waals surface area contributed by atoms with Gasteiger partial charge in [0.2, 0.25) is 63.7 Å². The first-order valence-corrected chi connectivity index (χ1v) is 46.5. The number of aromatic nitrogens is 12. The molecule has 118 heavy (non-hydrogen) atoms. The molecule has 0 atom stereocenters. The van der Waals surface area contributed by atoms with Crippen LogP contribution in [0.5, 0.6) is 0 Å². The lowest BCUT2D eigenvalue weighted by Crippen LogP contribution is -2.39. The number of thiazole rings is 4. The highest BCUT2D eigenvalue weighted by atomic mass is 35.5. The minimum absolute atomic E-state index is 0.00290. The third-order valence-electron chi connectivity index (χ3n) is 16.2. The number of fused-ring (bicyclic) bond motifs is 4. The number of halogens is 4. The molecule has 0 radical (unpaired) electrons. The van der Waals surface area contributed by atoms with Crippen molar-refractivity contribution in [3.63, 3.8) is 0 Å². The summed E-state index contributed by atoms with van der Waals surface area (Å²) in [6, 6.07) is 20.4. The van der Waals surface area contributed by atoms with Crippen LogP contribution in [-0.4, -0.2) is 227 Å². The summed E-state index contributed by atoms with van der Waals surface area (Å²) in [5.41, 5.74) is 7.98. The standard InChI is InChI=1S/C19H21ClN6O3S2.C18H21ClN6O3S2.C17H19ClN6O3S2.C16H16ClN5O4S2/c1-11(27)22-19-24-15-4-3-14(23-18(15)30-19)12-9-16(17(20)21-10-12)25-31(28,29)13-5-7-26(2)8-6-13;1-11(26)21-18-23-14-6-5-13(22-17(14)29-18)12-9-15(16(19)20-10-12)24-30(27,28)8-4-7-25(2)3;1-10(25)20-17-22-13-5-4-12(21-16(13)28-17)11-8-14(15(18)19-9-11)23-29(26,27)7-6-24(2)3;1-9(24)19-16-21-12-4-3-11(20-15(12)27-16)10-7-13(14(17)18-8-10)22-28(25,26)6-2-5-23/h3-4,9-10,13,25H,5-8H2,1-2H3,(H,22,24,27);5-6,9-10,24H,4,7-8H2,1-3H3,(H,21,23,26);4-5,8-9,23H,6-7H2,1-3H3,(H,20,22,25);3-4,7-8,22-23H,2,5-6H2,1H3,(H,19,21,24). The normalized spacial score (nSPS) is 12.8. The van der Waals surface area contributed by atoms with Crippen LogP contribution in [0.25, 0.3) is 86.4 Å². The number of carbonyl (C=O) groups is 4. The van der Waals surface area contributed by atoms with E-state index in [0.717, 1.165) is 13.1 Å². The van der Waals surface area contributed by atoms with Gasteiger partial charge in [-0.05, 0) is 153 Å². The molecule has 0 aromatic carbocycles. The van der Waals surface area contributed by atoms with E-state index in [9.17, 15) is 52.8 Å². The number of nitrogens with one attached hydrogen (secondary N) is 8. The van der Waals surface area contributed by atoms with E-state index in [-0.39, 0.29) is 97.3 Å². The zero-order valence-corrected chi connectivity index (χ0v) is 73.7. The van der Waals surface area contributed by atoms with E-state index in [4.69, 9.17) is 51.5 Å². The van der Waals surface area contributed by atoms with Crippen LogP contribution in [0.4, 0.5) is 43.3 Å². The molecule has 626 valence electrons. The second-order valence-corrected chi connectivity index (χ2v) is 39.4. The van der Waals surface area contributed by atoms with Gasteiger partial charge in [-0.3, -0.25) is 38.1 Å². The number of hydrogen-bond donors (Lipinski definition) is 9. The summed E-state index contributed by atoms with van der Waals surface area (Å²) in [6.07, 6.45) is 7.80. The SMILES string of the molecule is CC(=O)Nc1nc2ccc(-c3cnc(Cl)c(NS(=O)(=O)C4CCN(C)CC4)c3)nc2s1.CC(=O)Nc1nc2ccc(-c3cnc(Cl)c(NS(=O)(=O)CCCN(C)C)c3)nc2s1.CC(=O)Nc1nc2ccc(-c3cnc(Cl)c(NS(=O)(=O)CCCO)c3)nc2s1.CC(=O)Nc1nc2ccc(-c3cnc(Cl)c(NS(=O)(=O)CCN(C)C)c3)nc2s1. The quantitative estimate of drug-likeness (QED) is 0.0216. The lowest BCUT2D eigenvalue weighted by atomic mass is 10.1. The molecule has 12 aromatic heterocycles. The Labute approximate surface area is 714 Å². The highest BCUT2D eigenvalue weighted by molar-refractivity contribution is 7.93. The number of pyridine rings is 8. The molecular formula is C70H77Cl4N23O13S8. The first-order chi connectivity index (χ1) is 55.7. The first-order valence-electron chi connectivity index (χ1n) is 35.2. The Kier molecular flexibility index (Phi) is 30.9. The molecule has 0 aliphatic carbocycles. The molecule has 1 saturated heterocycles. The van der Waals surface area contributed by atoms with Crippen LogP contribution in [0.2, 0.25) is 20.6 Å². The molecule has 0 spiro atoms. The predicted octanol–water partition coefficient (Wildman–Crippen LogP) is 11.4. The smallest absolute Gasteiger partial charge is 0.235 e. The third-order valence-corrected chi connectivity index (χ3v) is 26.8. The monoisotopic (exact) mass is 1840 g/mol. The number of aliphatic hydroxyl groups excluding tert-OH is 1. The topological polar surface area (TPSA) is 486 Å². The lowest BCUT2D eigenvalue weighted by molar-refractivity contribution is -0.115.